The van der Waals surface area contributed by atoms with E-state index in [-0.39, 0.29) is 17.8 Å². The molecule has 0 saturated heterocycles. The minimum atomic E-state index is -3.29. The number of nitro groups is 1. The summed E-state index contributed by atoms with van der Waals surface area (Å²) in [4.78, 5) is 23.9. The largest absolute Gasteiger partial charge is 0.322 e. The summed E-state index contributed by atoms with van der Waals surface area (Å²) in [6.07, 6.45) is 1.65. The van der Waals surface area contributed by atoms with Crippen LogP contribution in [0.25, 0.3) is 0 Å². The Bertz CT molecular complexity index is 1120. The molecule has 1 aliphatic rings. The number of fused-ring (bicyclic) bond motifs is 1. The Morgan fingerprint density at radius 1 is 1.20 bits per heavy atom. The van der Waals surface area contributed by atoms with E-state index in [9.17, 15) is 23.3 Å². The maximum atomic E-state index is 12.8. The number of nitrogens with zero attached hydrogens (tertiary/aromatic N) is 2. The van der Waals surface area contributed by atoms with Gasteiger partial charge in [-0.05, 0) is 35.1 Å². The number of carbonyl (C=O) groups is 1. The summed E-state index contributed by atoms with van der Waals surface area (Å²) in [5, 5.41) is 14.4. The van der Waals surface area contributed by atoms with E-state index in [1.165, 1.54) is 16.6 Å². The summed E-state index contributed by atoms with van der Waals surface area (Å²) < 4.78 is 25.1. The highest BCUT2D eigenvalue weighted by molar-refractivity contribution is 7.88. The Hall–Kier alpha value is -2.78. The third kappa shape index (κ3) is 4.52. The van der Waals surface area contributed by atoms with Gasteiger partial charge in [0.2, 0.25) is 10.0 Å². The smallest absolute Gasteiger partial charge is 0.273 e. The molecule has 0 bridgehead atoms. The van der Waals surface area contributed by atoms with Crippen LogP contribution in [0.5, 0.6) is 0 Å². The van der Waals surface area contributed by atoms with Crippen molar-refractivity contribution in [2.45, 2.75) is 39.2 Å². The monoisotopic (exact) mass is 431 g/mol. The van der Waals surface area contributed by atoms with E-state index in [1.807, 2.05) is 26.8 Å². The van der Waals surface area contributed by atoms with Crippen molar-refractivity contribution in [1.82, 2.24) is 4.31 Å². The SMILES string of the molecule is CC(C)(C)c1ccc(C(=O)Nc2cccc3c2CCN(S(C)(=O)=O)C3)cc1[N+](=O)[O-]. The molecule has 0 fully saturated rings. The molecule has 8 nitrogen and oxygen atoms in total. The standard InChI is InChI=1S/C21H25N3O5S/c1-21(2,3)17-9-8-14(12-19(17)24(26)27)20(25)22-18-7-5-6-15-13-23(30(4,28)29)11-10-16(15)18/h5-9,12H,10-11,13H2,1-4H3,(H,22,25). The van der Waals surface area contributed by atoms with E-state index in [0.717, 1.165) is 11.1 Å². The van der Waals surface area contributed by atoms with Crippen LogP contribution in [0.3, 0.4) is 0 Å². The number of hydrogen-bond donors (Lipinski definition) is 1. The van der Waals surface area contributed by atoms with Gasteiger partial charge >= 0.3 is 0 Å². The molecule has 0 spiro atoms. The first-order chi connectivity index (χ1) is 13.9. The maximum absolute atomic E-state index is 12.8. The minimum absolute atomic E-state index is 0.0889. The van der Waals surface area contributed by atoms with Gasteiger partial charge in [0, 0.05) is 36.0 Å². The summed E-state index contributed by atoms with van der Waals surface area (Å²) in [6.45, 7) is 6.23. The molecule has 3 rings (SSSR count). The number of rotatable bonds is 4. The number of nitro benzene ring substituents is 1. The van der Waals surface area contributed by atoms with E-state index in [1.54, 1.807) is 24.3 Å². The van der Waals surface area contributed by atoms with Gasteiger partial charge in [0.15, 0.2) is 0 Å². The molecule has 0 saturated carbocycles. The van der Waals surface area contributed by atoms with Gasteiger partial charge in [-0.1, -0.05) is 39.0 Å². The van der Waals surface area contributed by atoms with Crippen molar-refractivity contribution in [2.75, 3.05) is 18.1 Å². The van der Waals surface area contributed by atoms with E-state index < -0.39 is 26.3 Å². The highest BCUT2D eigenvalue weighted by atomic mass is 32.2. The molecule has 160 valence electrons. The highest BCUT2D eigenvalue weighted by Crippen LogP contribution is 2.32. The Morgan fingerprint density at radius 2 is 1.90 bits per heavy atom. The first-order valence-electron chi connectivity index (χ1n) is 9.54. The van der Waals surface area contributed by atoms with E-state index >= 15 is 0 Å². The van der Waals surface area contributed by atoms with Crippen molar-refractivity contribution in [3.05, 3.63) is 68.8 Å². The van der Waals surface area contributed by atoms with E-state index in [4.69, 9.17) is 0 Å². The molecule has 0 atom stereocenters. The molecule has 1 N–H and O–H groups in total. The Kier molecular flexibility index (Phi) is 5.70. The summed E-state index contributed by atoms with van der Waals surface area (Å²) in [5.41, 5.74) is 2.54. The van der Waals surface area contributed by atoms with Crippen LogP contribution in [0.2, 0.25) is 0 Å². The van der Waals surface area contributed by atoms with Crippen LogP contribution in [0, 0.1) is 10.1 Å². The van der Waals surface area contributed by atoms with Crippen LogP contribution in [0.15, 0.2) is 36.4 Å². The zero-order valence-corrected chi connectivity index (χ0v) is 18.2. The highest BCUT2D eigenvalue weighted by Gasteiger charge is 2.27. The Morgan fingerprint density at radius 3 is 2.50 bits per heavy atom. The van der Waals surface area contributed by atoms with Crippen LogP contribution in [0.4, 0.5) is 11.4 Å². The normalized spacial score (nSPS) is 14.8. The molecule has 0 radical (unpaired) electrons. The van der Waals surface area contributed by atoms with Crippen molar-refractivity contribution in [1.29, 1.82) is 0 Å². The predicted octanol–water partition coefficient (Wildman–Crippen LogP) is 3.46. The summed E-state index contributed by atoms with van der Waals surface area (Å²) in [7, 11) is -3.29. The quantitative estimate of drug-likeness (QED) is 0.589. The number of benzene rings is 2. The van der Waals surface area contributed by atoms with E-state index in [0.29, 0.717) is 24.2 Å². The Labute approximate surface area is 176 Å². The van der Waals surface area contributed by atoms with Gasteiger partial charge in [0.1, 0.15) is 0 Å². The topological polar surface area (TPSA) is 110 Å². The molecule has 9 heteroatoms. The van der Waals surface area contributed by atoms with Crippen molar-refractivity contribution in [2.24, 2.45) is 0 Å². The minimum Gasteiger partial charge on any atom is -0.322 e. The molecule has 1 amide bonds. The van der Waals surface area contributed by atoms with E-state index in [2.05, 4.69) is 5.32 Å². The second-order valence-electron chi connectivity index (χ2n) is 8.48. The van der Waals surface area contributed by atoms with Gasteiger partial charge in [-0.25, -0.2) is 8.42 Å². The fourth-order valence-electron chi connectivity index (χ4n) is 3.64. The molecule has 1 aliphatic heterocycles. The first kappa shape index (κ1) is 21.9. The lowest BCUT2D eigenvalue weighted by atomic mass is 9.85. The van der Waals surface area contributed by atoms with Crippen molar-refractivity contribution in [3.8, 4) is 0 Å². The summed E-state index contributed by atoms with van der Waals surface area (Å²) in [5.74, 6) is -0.447. The molecule has 2 aromatic rings. The third-order valence-corrected chi connectivity index (χ3v) is 6.46. The number of sulfonamides is 1. The van der Waals surface area contributed by atoms with Crippen molar-refractivity contribution in [3.63, 3.8) is 0 Å². The number of hydrogen-bond acceptors (Lipinski definition) is 5. The van der Waals surface area contributed by atoms with Crippen LogP contribution in [0.1, 0.15) is 47.8 Å². The van der Waals surface area contributed by atoms with Gasteiger partial charge in [-0.2, -0.15) is 4.31 Å². The van der Waals surface area contributed by atoms with Gasteiger partial charge in [0.25, 0.3) is 11.6 Å². The average molecular weight is 432 g/mol. The molecule has 30 heavy (non-hydrogen) atoms. The summed E-state index contributed by atoms with van der Waals surface area (Å²) >= 11 is 0. The lowest BCUT2D eigenvalue weighted by molar-refractivity contribution is -0.386. The molecule has 0 aliphatic carbocycles. The molecular formula is C21H25N3O5S. The Balaban J connectivity index is 1.89. The number of carbonyl (C=O) groups excluding carboxylic acids is 1. The van der Waals surface area contributed by atoms with Gasteiger partial charge in [-0.15, -0.1) is 0 Å². The van der Waals surface area contributed by atoms with Gasteiger partial charge in [-0.3, -0.25) is 14.9 Å². The lowest BCUT2D eigenvalue weighted by Gasteiger charge is -2.28. The molecule has 0 aromatic heterocycles. The van der Waals surface area contributed by atoms with Crippen LogP contribution >= 0.6 is 0 Å². The zero-order valence-electron chi connectivity index (χ0n) is 17.4. The van der Waals surface area contributed by atoms with Crippen LogP contribution in [-0.4, -0.2) is 36.4 Å². The summed E-state index contributed by atoms with van der Waals surface area (Å²) in [6, 6.07) is 9.86. The molecule has 2 aromatic carbocycles. The predicted molar refractivity (Wildman–Crippen MR) is 115 cm³/mol. The van der Waals surface area contributed by atoms with Crippen molar-refractivity contribution >= 4 is 27.3 Å². The molecular weight excluding hydrogens is 406 g/mol. The number of amides is 1. The molecule has 0 unspecified atom stereocenters. The van der Waals surface area contributed by atoms with Gasteiger partial charge in [0.05, 0.1) is 11.2 Å². The number of anilines is 1. The first-order valence-corrected chi connectivity index (χ1v) is 11.4. The van der Waals surface area contributed by atoms with Crippen LogP contribution in [-0.2, 0) is 28.4 Å². The van der Waals surface area contributed by atoms with Crippen molar-refractivity contribution < 1.29 is 18.1 Å². The fraction of sp³-hybridized carbons (Fsp3) is 0.381. The maximum Gasteiger partial charge on any atom is 0.273 e. The van der Waals surface area contributed by atoms with Crippen LogP contribution < -0.4 is 5.32 Å². The fourth-order valence-corrected chi connectivity index (χ4v) is 4.43. The third-order valence-electron chi connectivity index (χ3n) is 5.21. The second-order valence-corrected chi connectivity index (χ2v) is 10.5. The average Bonchev–Trinajstić information content (AvgIpc) is 2.65. The zero-order chi connectivity index (χ0) is 22.3. The lowest BCUT2D eigenvalue weighted by Crippen LogP contribution is -2.35. The van der Waals surface area contributed by atoms with Gasteiger partial charge < -0.3 is 5.32 Å². The molecule has 1 heterocycles. The second kappa shape index (κ2) is 7.81. The number of nitrogens with one attached hydrogen (secondary N) is 1.